The van der Waals surface area contributed by atoms with E-state index in [0.29, 0.717) is 25.3 Å². The summed E-state index contributed by atoms with van der Waals surface area (Å²) >= 11 is 0. The maximum atomic E-state index is 12.5. The van der Waals surface area contributed by atoms with Gasteiger partial charge in [-0.25, -0.2) is 9.78 Å². The molecule has 0 aromatic carbocycles. The monoisotopic (exact) mass is 567 g/mol. The third-order valence-electron chi connectivity index (χ3n) is 8.26. The van der Waals surface area contributed by atoms with Crippen LogP contribution in [0.4, 0.5) is 4.79 Å². The lowest BCUT2D eigenvalue weighted by molar-refractivity contribution is -0.132. The van der Waals surface area contributed by atoms with Crippen molar-refractivity contribution in [2.75, 3.05) is 27.4 Å². The highest BCUT2D eigenvalue weighted by atomic mass is 16.6. The number of alkyl carbamates (subject to hydrolysis) is 1. The highest BCUT2D eigenvalue weighted by Crippen LogP contribution is 2.38. The molecular formula is C31H45N5O5. The standard InChI is InChI=1S/C31H45N5O5/c1-7-8-20(2)41-31(38)33-26-14-11-24(19-27(26)40-6)28-29-21(3)32-15-16-36(29)30(34-28)23-9-12-25(13-10-23)35(22(4)37)17-18-39-5/h11,14-16,20,23,25,27H,7-10,12-13,17-19H2,1-6H3,(H,33,38)/t20-,23?,25?,27?/m0/s1. The number of hydrogen-bond acceptors (Lipinski definition) is 7. The molecule has 0 saturated heterocycles. The van der Waals surface area contributed by atoms with Crippen LogP contribution in [0.3, 0.4) is 0 Å². The average Bonchev–Trinajstić information content (AvgIpc) is 3.34. The lowest BCUT2D eigenvalue weighted by Crippen LogP contribution is -2.42. The highest BCUT2D eigenvalue weighted by Gasteiger charge is 2.32. The second-order valence-electron chi connectivity index (χ2n) is 11.1. The zero-order valence-electron chi connectivity index (χ0n) is 25.3. The van der Waals surface area contributed by atoms with E-state index in [4.69, 9.17) is 19.2 Å². The summed E-state index contributed by atoms with van der Waals surface area (Å²) in [5.41, 5.74) is 4.51. The van der Waals surface area contributed by atoms with Gasteiger partial charge in [0.2, 0.25) is 5.91 Å². The molecule has 2 amide bonds. The Morgan fingerprint density at radius 3 is 2.61 bits per heavy atom. The van der Waals surface area contributed by atoms with E-state index in [-0.39, 0.29) is 30.1 Å². The number of aryl methyl sites for hydroxylation is 1. The van der Waals surface area contributed by atoms with Gasteiger partial charge >= 0.3 is 6.09 Å². The van der Waals surface area contributed by atoms with Crippen LogP contribution in [0.5, 0.6) is 0 Å². The number of carbonyl (C=O) groups excluding carboxylic acids is 2. The number of carbonyl (C=O) groups is 2. The van der Waals surface area contributed by atoms with Gasteiger partial charge in [-0.15, -0.1) is 0 Å². The summed E-state index contributed by atoms with van der Waals surface area (Å²) in [6, 6.07) is 0.226. The van der Waals surface area contributed by atoms with Crippen LogP contribution in [0.1, 0.15) is 88.8 Å². The minimum absolute atomic E-state index is 0.100. The molecule has 41 heavy (non-hydrogen) atoms. The Morgan fingerprint density at radius 2 is 1.95 bits per heavy atom. The molecule has 1 fully saturated rings. The molecule has 2 aromatic rings. The van der Waals surface area contributed by atoms with Gasteiger partial charge in [0.05, 0.1) is 29.2 Å². The number of ether oxygens (including phenoxy) is 3. The summed E-state index contributed by atoms with van der Waals surface area (Å²) in [6.07, 6.45) is 12.9. The molecule has 10 nitrogen and oxygen atoms in total. The number of amides is 2. The molecule has 2 heterocycles. The van der Waals surface area contributed by atoms with E-state index in [0.717, 1.165) is 66.8 Å². The largest absolute Gasteiger partial charge is 0.446 e. The van der Waals surface area contributed by atoms with Crippen molar-refractivity contribution in [3.05, 3.63) is 47.5 Å². The molecular weight excluding hydrogens is 522 g/mol. The van der Waals surface area contributed by atoms with Crippen LogP contribution in [0.15, 0.2) is 30.2 Å². The van der Waals surface area contributed by atoms with Gasteiger partial charge in [-0.05, 0) is 57.6 Å². The minimum Gasteiger partial charge on any atom is -0.446 e. The summed E-state index contributed by atoms with van der Waals surface area (Å²) in [5, 5.41) is 2.88. The number of imidazole rings is 1. The number of fused-ring (bicyclic) bond motifs is 1. The Balaban J connectivity index is 1.57. The van der Waals surface area contributed by atoms with Gasteiger partial charge in [0.25, 0.3) is 0 Å². The number of rotatable bonds is 11. The van der Waals surface area contributed by atoms with Crippen molar-refractivity contribution in [2.24, 2.45) is 0 Å². The normalized spacial score (nSPS) is 21.7. The smallest absolute Gasteiger partial charge is 0.411 e. The quantitative estimate of drug-likeness (QED) is 0.400. The van der Waals surface area contributed by atoms with Crippen molar-refractivity contribution in [1.29, 1.82) is 0 Å². The van der Waals surface area contributed by atoms with E-state index >= 15 is 0 Å². The van der Waals surface area contributed by atoms with Gasteiger partial charge in [-0.2, -0.15) is 0 Å². The van der Waals surface area contributed by atoms with E-state index < -0.39 is 6.09 Å². The molecule has 2 aliphatic rings. The molecule has 4 rings (SSSR count). The van der Waals surface area contributed by atoms with Crippen LogP contribution in [0, 0.1) is 6.92 Å². The highest BCUT2D eigenvalue weighted by molar-refractivity contribution is 5.80. The van der Waals surface area contributed by atoms with Gasteiger partial charge in [0, 0.05) is 58.5 Å². The SMILES string of the molecule is CCC[C@H](C)OC(=O)NC1=CC=C(c2nc(C3CCC(N(CCOC)C(C)=O)CC3)n3ccnc(C)c23)CC1OC. The Labute approximate surface area is 243 Å². The number of methoxy groups -OCH3 is 2. The summed E-state index contributed by atoms with van der Waals surface area (Å²) in [7, 11) is 3.31. The molecule has 1 unspecified atom stereocenters. The molecule has 1 saturated carbocycles. The van der Waals surface area contributed by atoms with Crippen LogP contribution in [-0.4, -0.2) is 76.9 Å². The molecule has 2 aromatic heterocycles. The van der Waals surface area contributed by atoms with Crippen molar-refractivity contribution in [3.8, 4) is 0 Å². The molecule has 224 valence electrons. The molecule has 10 heteroatoms. The van der Waals surface area contributed by atoms with Gasteiger partial charge in [-0.3, -0.25) is 19.5 Å². The topological polar surface area (TPSA) is 107 Å². The lowest BCUT2D eigenvalue weighted by atomic mass is 9.84. The van der Waals surface area contributed by atoms with Crippen LogP contribution in [0.2, 0.25) is 0 Å². The number of aromatic nitrogens is 3. The predicted octanol–water partition coefficient (Wildman–Crippen LogP) is 5.16. The first kappa shape index (κ1) is 30.7. The van der Waals surface area contributed by atoms with Gasteiger partial charge in [0.15, 0.2) is 0 Å². The summed E-state index contributed by atoms with van der Waals surface area (Å²) in [5.74, 6) is 1.41. The second kappa shape index (κ2) is 14.1. The average molecular weight is 568 g/mol. The maximum absolute atomic E-state index is 12.5. The van der Waals surface area contributed by atoms with Gasteiger partial charge < -0.3 is 19.1 Å². The van der Waals surface area contributed by atoms with E-state index in [1.807, 2.05) is 43.3 Å². The maximum Gasteiger partial charge on any atom is 0.411 e. The van der Waals surface area contributed by atoms with Crippen LogP contribution in [0.25, 0.3) is 11.1 Å². The van der Waals surface area contributed by atoms with Gasteiger partial charge in [0.1, 0.15) is 18.0 Å². The molecule has 0 bridgehead atoms. The number of nitrogens with zero attached hydrogens (tertiary/aromatic N) is 4. The fourth-order valence-electron chi connectivity index (χ4n) is 6.14. The molecule has 0 radical (unpaired) electrons. The Bertz CT molecular complexity index is 1280. The Kier molecular flexibility index (Phi) is 10.6. The lowest BCUT2D eigenvalue weighted by Gasteiger charge is -2.36. The van der Waals surface area contributed by atoms with Crippen molar-refractivity contribution in [3.63, 3.8) is 0 Å². The third kappa shape index (κ3) is 7.16. The van der Waals surface area contributed by atoms with Gasteiger partial charge in [-0.1, -0.05) is 19.4 Å². The molecule has 2 aliphatic carbocycles. The van der Waals surface area contributed by atoms with E-state index in [1.54, 1.807) is 21.1 Å². The number of hydrogen-bond donors (Lipinski definition) is 1. The van der Waals surface area contributed by atoms with E-state index in [9.17, 15) is 9.59 Å². The molecule has 1 N–H and O–H groups in total. The van der Waals surface area contributed by atoms with Crippen molar-refractivity contribution in [1.82, 2.24) is 24.6 Å². The zero-order valence-corrected chi connectivity index (χ0v) is 25.3. The summed E-state index contributed by atoms with van der Waals surface area (Å²) in [6.45, 7) is 8.78. The van der Waals surface area contributed by atoms with Crippen molar-refractivity contribution < 1.29 is 23.8 Å². The van der Waals surface area contributed by atoms with E-state index in [1.165, 1.54) is 0 Å². The first-order valence-corrected chi connectivity index (χ1v) is 14.8. The van der Waals surface area contributed by atoms with Crippen LogP contribution in [-0.2, 0) is 19.0 Å². The Hall–Kier alpha value is -3.24. The summed E-state index contributed by atoms with van der Waals surface area (Å²) < 4.78 is 18.7. The fourth-order valence-corrected chi connectivity index (χ4v) is 6.14. The first-order chi connectivity index (χ1) is 19.8. The minimum atomic E-state index is -0.466. The second-order valence-corrected chi connectivity index (χ2v) is 11.1. The zero-order chi connectivity index (χ0) is 29.5. The van der Waals surface area contributed by atoms with Crippen molar-refractivity contribution >= 4 is 23.1 Å². The van der Waals surface area contributed by atoms with Crippen LogP contribution >= 0.6 is 0 Å². The number of nitrogens with one attached hydrogen (secondary N) is 1. The van der Waals surface area contributed by atoms with Crippen LogP contribution < -0.4 is 5.32 Å². The first-order valence-electron chi connectivity index (χ1n) is 14.8. The van der Waals surface area contributed by atoms with E-state index in [2.05, 4.69) is 21.6 Å². The molecule has 0 spiro atoms. The van der Waals surface area contributed by atoms with Crippen molar-refractivity contribution in [2.45, 2.75) is 96.8 Å². The molecule has 2 atom stereocenters. The Morgan fingerprint density at radius 1 is 1.20 bits per heavy atom. The number of allylic oxidation sites excluding steroid dienone is 2. The third-order valence-corrected chi connectivity index (χ3v) is 8.26. The summed E-state index contributed by atoms with van der Waals surface area (Å²) in [4.78, 5) is 36.5. The predicted molar refractivity (Wildman–Crippen MR) is 157 cm³/mol. The fraction of sp³-hybridized carbons (Fsp3) is 0.613. The molecule has 0 aliphatic heterocycles.